The summed E-state index contributed by atoms with van der Waals surface area (Å²) in [6.45, 7) is 0. The summed E-state index contributed by atoms with van der Waals surface area (Å²) in [5.41, 5.74) is 10.2. The Morgan fingerprint density at radius 1 is 1.18 bits per heavy atom. The van der Waals surface area contributed by atoms with Crippen LogP contribution in [0.2, 0.25) is 0 Å². The molecule has 2 rings (SSSR count). The first-order valence-electron chi connectivity index (χ1n) is 4.87. The molecule has 6 nitrogen and oxygen atoms in total. The summed E-state index contributed by atoms with van der Waals surface area (Å²) in [4.78, 5) is 26.2. The molecule has 0 aliphatic carbocycles. The first-order chi connectivity index (χ1) is 8.16. The van der Waals surface area contributed by atoms with Gasteiger partial charge in [-0.15, -0.1) is 0 Å². The lowest BCUT2D eigenvalue weighted by atomic mass is 10.1. The molecular weight excluding hydrogens is 220 g/mol. The zero-order chi connectivity index (χ0) is 12.3. The van der Waals surface area contributed by atoms with Crippen molar-refractivity contribution in [2.24, 2.45) is 5.73 Å². The van der Waals surface area contributed by atoms with Gasteiger partial charge in [-0.2, -0.15) is 0 Å². The van der Waals surface area contributed by atoms with Crippen molar-refractivity contribution >= 4 is 22.8 Å². The van der Waals surface area contributed by atoms with Crippen LogP contribution in [0.1, 0.15) is 10.4 Å². The lowest BCUT2D eigenvalue weighted by Gasteiger charge is -2.05. The number of benzene rings is 1. The first-order valence-corrected chi connectivity index (χ1v) is 4.87. The van der Waals surface area contributed by atoms with Crippen molar-refractivity contribution in [3.05, 3.63) is 42.1 Å². The van der Waals surface area contributed by atoms with Crippen LogP contribution < -0.4 is 16.6 Å². The lowest BCUT2D eigenvalue weighted by molar-refractivity contribution is 0.0937. The van der Waals surface area contributed by atoms with Gasteiger partial charge < -0.3 is 5.73 Å². The predicted octanol–water partition coefficient (Wildman–Crippen LogP) is 0.548. The van der Waals surface area contributed by atoms with Crippen LogP contribution in [-0.4, -0.2) is 16.9 Å². The van der Waals surface area contributed by atoms with E-state index in [-0.39, 0.29) is 0 Å². The molecule has 0 saturated heterocycles. The van der Waals surface area contributed by atoms with Crippen LogP contribution in [0.4, 0.5) is 4.79 Å². The third-order valence-electron chi connectivity index (χ3n) is 2.16. The average molecular weight is 230 g/mol. The number of carbonyl (C=O) groups excluding carboxylic acids is 2. The van der Waals surface area contributed by atoms with Gasteiger partial charge in [0, 0.05) is 17.1 Å². The minimum Gasteiger partial charge on any atom is -0.350 e. The SMILES string of the molecule is NC(=O)NNC(=O)c1ccc2ncccc2c1. The Hall–Kier alpha value is -2.63. The second kappa shape index (κ2) is 4.48. The van der Waals surface area contributed by atoms with Crippen molar-refractivity contribution in [1.29, 1.82) is 0 Å². The minimum atomic E-state index is -0.819. The molecule has 0 bridgehead atoms. The Labute approximate surface area is 96.8 Å². The molecule has 0 atom stereocenters. The number of pyridine rings is 1. The van der Waals surface area contributed by atoms with E-state index in [1.807, 2.05) is 11.5 Å². The molecule has 0 unspecified atom stereocenters. The largest absolute Gasteiger partial charge is 0.350 e. The van der Waals surface area contributed by atoms with Crippen LogP contribution in [0.3, 0.4) is 0 Å². The van der Waals surface area contributed by atoms with Crippen LogP contribution in [0.15, 0.2) is 36.5 Å². The van der Waals surface area contributed by atoms with Gasteiger partial charge in [-0.3, -0.25) is 15.2 Å². The zero-order valence-corrected chi connectivity index (χ0v) is 8.81. The van der Waals surface area contributed by atoms with E-state index in [1.165, 1.54) is 0 Å². The number of nitrogens with two attached hydrogens (primary N) is 1. The Bertz CT molecular complexity index is 582. The second-order valence-corrected chi connectivity index (χ2v) is 3.35. The summed E-state index contributed by atoms with van der Waals surface area (Å²) in [6, 6.07) is 7.84. The van der Waals surface area contributed by atoms with E-state index in [1.54, 1.807) is 30.5 Å². The van der Waals surface area contributed by atoms with Crippen molar-refractivity contribution < 1.29 is 9.59 Å². The number of hydrazine groups is 1. The number of urea groups is 1. The Balaban J connectivity index is 2.24. The molecule has 86 valence electrons. The number of amides is 3. The van der Waals surface area contributed by atoms with Crippen molar-refractivity contribution in [2.75, 3.05) is 0 Å². The van der Waals surface area contributed by atoms with Crippen LogP contribution >= 0.6 is 0 Å². The fraction of sp³-hybridized carbons (Fsp3) is 0. The third-order valence-corrected chi connectivity index (χ3v) is 2.16. The summed E-state index contributed by atoms with van der Waals surface area (Å²) in [5, 5.41) is 0.847. The molecule has 0 spiro atoms. The normalized spacial score (nSPS) is 9.88. The molecule has 0 aliphatic rings. The number of carbonyl (C=O) groups is 2. The van der Waals surface area contributed by atoms with Crippen molar-refractivity contribution in [3.63, 3.8) is 0 Å². The van der Waals surface area contributed by atoms with E-state index in [0.717, 1.165) is 10.9 Å². The number of hydrogen-bond donors (Lipinski definition) is 3. The number of rotatable bonds is 1. The van der Waals surface area contributed by atoms with Gasteiger partial charge in [-0.05, 0) is 24.3 Å². The Morgan fingerprint density at radius 3 is 2.76 bits per heavy atom. The third kappa shape index (κ3) is 2.49. The smallest absolute Gasteiger partial charge is 0.330 e. The van der Waals surface area contributed by atoms with Gasteiger partial charge in [0.2, 0.25) is 0 Å². The van der Waals surface area contributed by atoms with E-state index in [4.69, 9.17) is 5.73 Å². The first kappa shape index (κ1) is 10.9. The van der Waals surface area contributed by atoms with Gasteiger partial charge in [0.05, 0.1) is 5.52 Å². The topological polar surface area (TPSA) is 97.1 Å². The molecule has 0 saturated carbocycles. The number of fused-ring (bicyclic) bond motifs is 1. The fourth-order valence-corrected chi connectivity index (χ4v) is 1.41. The standard InChI is InChI=1S/C11H10N4O2/c12-11(17)15-14-10(16)8-3-4-9-7(6-8)2-1-5-13-9/h1-6H,(H,14,16)(H3,12,15,17). The highest BCUT2D eigenvalue weighted by Gasteiger charge is 2.06. The maximum absolute atomic E-state index is 11.6. The minimum absolute atomic E-state index is 0.416. The number of nitrogens with zero attached hydrogens (tertiary/aromatic N) is 1. The van der Waals surface area contributed by atoms with E-state index in [2.05, 4.69) is 10.4 Å². The second-order valence-electron chi connectivity index (χ2n) is 3.35. The number of aromatic nitrogens is 1. The molecule has 1 aromatic heterocycles. The van der Waals surface area contributed by atoms with Crippen molar-refractivity contribution in [1.82, 2.24) is 15.8 Å². The van der Waals surface area contributed by atoms with E-state index in [0.29, 0.717) is 5.56 Å². The average Bonchev–Trinajstić information content (AvgIpc) is 2.35. The molecule has 3 amide bonds. The Kier molecular flexibility index (Phi) is 2.87. The molecule has 17 heavy (non-hydrogen) atoms. The molecule has 0 aliphatic heterocycles. The summed E-state index contributed by atoms with van der Waals surface area (Å²) >= 11 is 0. The summed E-state index contributed by atoms with van der Waals surface area (Å²) in [5.74, 6) is -0.436. The number of hydrogen-bond acceptors (Lipinski definition) is 3. The maximum atomic E-state index is 11.6. The van der Waals surface area contributed by atoms with Crippen molar-refractivity contribution in [2.45, 2.75) is 0 Å². The monoisotopic (exact) mass is 230 g/mol. The Morgan fingerprint density at radius 2 is 2.00 bits per heavy atom. The van der Waals surface area contributed by atoms with Gasteiger partial charge in [-0.1, -0.05) is 6.07 Å². The van der Waals surface area contributed by atoms with Crippen LogP contribution in [0.5, 0.6) is 0 Å². The van der Waals surface area contributed by atoms with Crippen LogP contribution in [0.25, 0.3) is 10.9 Å². The van der Waals surface area contributed by atoms with E-state index in [9.17, 15) is 9.59 Å². The van der Waals surface area contributed by atoms with E-state index >= 15 is 0 Å². The highest BCUT2D eigenvalue weighted by atomic mass is 16.2. The zero-order valence-electron chi connectivity index (χ0n) is 8.81. The summed E-state index contributed by atoms with van der Waals surface area (Å²) < 4.78 is 0. The van der Waals surface area contributed by atoms with Crippen LogP contribution in [0, 0.1) is 0 Å². The van der Waals surface area contributed by atoms with E-state index < -0.39 is 11.9 Å². The lowest BCUT2D eigenvalue weighted by Crippen LogP contribution is -2.44. The molecule has 4 N–H and O–H groups in total. The van der Waals surface area contributed by atoms with Gasteiger partial charge in [0.25, 0.3) is 5.91 Å². The molecule has 0 radical (unpaired) electrons. The van der Waals surface area contributed by atoms with Gasteiger partial charge in [0.1, 0.15) is 0 Å². The van der Waals surface area contributed by atoms with Crippen LogP contribution in [-0.2, 0) is 0 Å². The van der Waals surface area contributed by atoms with Gasteiger partial charge in [-0.25, -0.2) is 10.2 Å². The molecule has 1 heterocycles. The highest BCUT2D eigenvalue weighted by Crippen LogP contribution is 2.12. The molecule has 0 fully saturated rings. The fourth-order valence-electron chi connectivity index (χ4n) is 1.41. The number of primary amides is 1. The highest BCUT2D eigenvalue weighted by molar-refractivity contribution is 5.98. The number of nitrogens with one attached hydrogen (secondary N) is 2. The quantitative estimate of drug-likeness (QED) is 0.624. The predicted molar refractivity (Wildman–Crippen MR) is 61.9 cm³/mol. The molecular formula is C11H10N4O2. The molecule has 2 aromatic rings. The molecule has 6 heteroatoms. The summed E-state index contributed by atoms with van der Waals surface area (Å²) in [7, 11) is 0. The van der Waals surface area contributed by atoms with Crippen molar-refractivity contribution in [3.8, 4) is 0 Å². The summed E-state index contributed by atoms with van der Waals surface area (Å²) in [6.07, 6.45) is 1.68. The van der Waals surface area contributed by atoms with Gasteiger partial charge >= 0.3 is 6.03 Å². The molecule has 1 aromatic carbocycles. The van der Waals surface area contributed by atoms with Gasteiger partial charge in [0.15, 0.2) is 0 Å². The maximum Gasteiger partial charge on any atom is 0.330 e.